The van der Waals surface area contributed by atoms with Gasteiger partial charge in [-0.3, -0.25) is 4.57 Å². The Kier molecular flexibility index (Phi) is 4.11. The summed E-state index contributed by atoms with van der Waals surface area (Å²) >= 11 is 0. The van der Waals surface area contributed by atoms with Crippen LogP contribution in [0, 0.1) is 11.7 Å². The van der Waals surface area contributed by atoms with Gasteiger partial charge in [0.25, 0.3) is 0 Å². The Morgan fingerprint density at radius 2 is 1.96 bits per heavy atom. The van der Waals surface area contributed by atoms with Gasteiger partial charge >= 0.3 is 0 Å². The number of aromatic nitrogens is 3. The molecule has 24 heavy (non-hydrogen) atoms. The molecule has 0 N–H and O–H groups in total. The monoisotopic (exact) mass is 321 g/mol. The Morgan fingerprint density at radius 3 is 2.75 bits per heavy atom. The third-order valence-electron chi connectivity index (χ3n) is 4.69. The van der Waals surface area contributed by atoms with Crippen molar-refractivity contribution >= 4 is 17.1 Å². The molecule has 1 aromatic carbocycles. The minimum absolute atomic E-state index is 0.268. The number of halogens is 1. The minimum Gasteiger partial charge on any atom is -0.277 e. The molecule has 1 aliphatic carbocycles. The van der Waals surface area contributed by atoms with Crippen molar-refractivity contribution in [2.24, 2.45) is 5.92 Å². The van der Waals surface area contributed by atoms with E-state index in [2.05, 4.69) is 22.1 Å². The average Bonchev–Trinajstić information content (AvgIpc) is 2.99. The number of rotatable bonds is 3. The van der Waals surface area contributed by atoms with Crippen molar-refractivity contribution in [2.75, 3.05) is 0 Å². The van der Waals surface area contributed by atoms with E-state index in [0.29, 0.717) is 11.4 Å². The predicted octanol–water partition coefficient (Wildman–Crippen LogP) is 5.15. The Hall–Kier alpha value is -2.49. The van der Waals surface area contributed by atoms with E-state index < -0.39 is 0 Å². The zero-order valence-corrected chi connectivity index (χ0v) is 13.5. The van der Waals surface area contributed by atoms with Crippen molar-refractivity contribution in [3.05, 3.63) is 60.3 Å². The highest BCUT2D eigenvalue weighted by molar-refractivity contribution is 5.80. The van der Waals surface area contributed by atoms with Crippen molar-refractivity contribution in [3.8, 4) is 5.82 Å². The molecule has 4 rings (SSSR count). The maximum Gasteiger partial charge on any atom is 0.139 e. The number of hydrogen-bond donors (Lipinski definition) is 0. The van der Waals surface area contributed by atoms with Gasteiger partial charge in [-0.15, -0.1) is 0 Å². The van der Waals surface area contributed by atoms with Crippen molar-refractivity contribution in [1.82, 2.24) is 14.5 Å². The third-order valence-corrected chi connectivity index (χ3v) is 4.69. The van der Waals surface area contributed by atoms with Crippen LogP contribution >= 0.6 is 0 Å². The summed E-state index contributed by atoms with van der Waals surface area (Å²) in [5.74, 6) is 1.96. The van der Waals surface area contributed by atoms with Gasteiger partial charge in [-0.05, 0) is 49.1 Å². The molecule has 3 aromatic rings. The zero-order valence-electron chi connectivity index (χ0n) is 13.5. The quantitative estimate of drug-likeness (QED) is 0.667. The van der Waals surface area contributed by atoms with Crippen LogP contribution in [-0.4, -0.2) is 14.5 Å². The maximum atomic E-state index is 13.6. The van der Waals surface area contributed by atoms with Crippen LogP contribution < -0.4 is 0 Å². The summed E-state index contributed by atoms with van der Waals surface area (Å²) in [6.45, 7) is 0. The van der Waals surface area contributed by atoms with Crippen molar-refractivity contribution in [3.63, 3.8) is 0 Å². The second kappa shape index (κ2) is 6.56. The molecule has 0 saturated heterocycles. The Labute approximate surface area is 140 Å². The van der Waals surface area contributed by atoms with Crippen LogP contribution in [0.4, 0.5) is 4.39 Å². The molecule has 0 radical (unpaired) electrons. The number of hydrogen-bond acceptors (Lipinski definition) is 2. The number of pyridine rings is 1. The normalized spacial score (nSPS) is 16.2. The molecule has 1 saturated carbocycles. The molecule has 122 valence electrons. The molecule has 0 aliphatic heterocycles. The Balaban J connectivity index is 1.80. The van der Waals surface area contributed by atoms with Crippen LogP contribution in [0.5, 0.6) is 0 Å². The van der Waals surface area contributed by atoms with Gasteiger partial charge in [-0.1, -0.05) is 31.4 Å². The minimum atomic E-state index is -0.268. The summed E-state index contributed by atoms with van der Waals surface area (Å²) in [5.41, 5.74) is 1.53. The third kappa shape index (κ3) is 2.96. The van der Waals surface area contributed by atoms with E-state index in [0.717, 1.165) is 17.2 Å². The van der Waals surface area contributed by atoms with Gasteiger partial charge < -0.3 is 0 Å². The summed E-state index contributed by atoms with van der Waals surface area (Å²) < 4.78 is 15.6. The molecule has 0 unspecified atom stereocenters. The summed E-state index contributed by atoms with van der Waals surface area (Å²) in [7, 11) is 0. The fourth-order valence-electron chi connectivity index (χ4n) is 3.46. The van der Waals surface area contributed by atoms with Gasteiger partial charge in [-0.25, -0.2) is 14.4 Å². The highest BCUT2D eigenvalue weighted by Crippen LogP contribution is 2.27. The standard InChI is InChI=1S/C20H20FN3/c21-16-10-11-18-17(14-16)23-20(12-9-15-6-2-1-3-7-15)24(18)19-8-4-5-13-22-19/h4-5,8-15H,1-3,6-7H2. The maximum absolute atomic E-state index is 13.6. The van der Waals surface area contributed by atoms with Gasteiger partial charge in [0.15, 0.2) is 0 Å². The molecular formula is C20H20FN3. The largest absolute Gasteiger partial charge is 0.277 e. The van der Waals surface area contributed by atoms with Gasteiger partial charge in [0.1, 0.15) is 17.5 Å². The first-order valence-corrected chi connectivity index (χ1v) is 8.59. The average molecular weight is 321 g/mol. The molecule has 0 spiro atoms. The Bertz CT molecular complexity index is 861. The second-order valence-corrected chi connectivity index (χ2v) is 6.38. The number of nitrogens with zero attached hydrogens (tertiary/aromatic N) is 3. The van der Waals surface area contributed by atoms with Gasteiger partial charge in [0, 0.05) is 12.3 Å². The number of allylic oxidation sites excluding steroid dienone is 1. The summed E-state index contributed by atoms with van der Waals surface area (Å²) in [5, 5.41) is 0. The highest BCUT2D eigenvalue weighted by Gasteiger charge is 2.14. The molecule has 0 bridgehead atoms. The second-order valence-electron chi connectivity index (χ2n) is 6.38. The van der Waals surface area contributed by atoms with E-state index in [1.165, 1.54) is 44.2 Å². The molecule has 2 heterocycles. The lowest BCUT2D eigenvalue weighted by Crippen LogP contribution is -2.03. The molecule has 4 heteroatoms. The predicted molar refractivity (Wildman–Crippen MR) is 94.4 cm³/mol. The molecule has 0 amide bonds. The van der Waals surface area contributed by atoms with Gasteiger partial charge in [0.2, 0.25) is 0 Å². The van der Waals surface area contributed by atoms with Crippen LogP contribution in [0.25, 0.3) is 22.9 Å². The lowest BCUT2D eigenvalue weighted by molar-refractivity contribution is 0.420. The lowest BCUT2D eigenvalue weighted by Gasteiger charge is -2.17. The van der Waals surface area contributed by atoms with Crippen molar-refractivity contribution < 1.29 is 4.39 Å². The fourth-order valence-corrected chi connectivity index (χ4v) is 3.46. The van der Waals surface area contributed by atoms with E-state index in [1.807, 2.05) is 22.8 Å². The lowest BCUT2D eigenvalue weighted by atomic mass is 9.89. The first-order chi connectivity index (χ1) is 11.8. The molecule has 0 atom stereocenters. The number of imidazole rings is 1. The molecule has 1 fully saturated rings. The number of fused-ring (bicyclic) bond motifs is 1. The highest BCUT2D eigenvalue weighted by atomic mass is 19.1. The van der Waals surface area contributed by atoms with E-state index in [-0.39, 0.29) is 5.82 Å². The first kappa shape index (κ1) is 15.1. The molecule has 2 aromatic heterocycles. The summed E-state index contributed by atoms with van der Waals surface area (Å²) in [6.07, 6.45) is 12.5. The van der Waals surface area contributed by atoms with E-state index in [4.69, 9.17) is 0 Å². The molecule has 1 aliphatic rings. The molecular weight excluding hydrogens is 301 g/mol. The topological polar surface area (TPSA) is 30.7 Å². The van der Waals surface area contributed by atoms with Crippen molar-refractivity contribution in [1.29, 1.82) is 0 Å². The van der Waals surface area contributed by atoms with Crippen LogP contribution in [0.15, 0.2) is 48.7 Å². The van der Waals surface area contributed by atoms with E-state index in [1.54, 1.807) is 12.3 Å². The fraction of sp³-hybridized carbons (Fsp3) is 0.300. The Morgan fingerprint density at radius 1 is 1.08 bits per heavy atom. The number of benzene rings is 1. The molecule has 3 nitrogen and oxygen atoms in total. The van der Waals surface area contributed by atoms with Crippen LogP contribution in [-0.2, 0) is 0 Å². The van der Waals surface area contributed by atoms with Crippen LogP contribution in [0.3, 0.4) is 0 Å². The summed E-state index contributed by atoms with van der Waals surface area (Å²) in [4.78, 5) is 9.07. The zero-order chi connectivity index (χ0) is 16.4. The van der Waals surface area contributed by atoms with Crippen molar-refractivity contribution in [2.45, 2.75) is 32.1 Å². The van der Waals surface area contributed by atoms with E-state index in [9.17, 15) is 4.39 Å². The van der Waals surface area contributed by atoms with Crippen LogP contribution in [0.1, 0.15) is 37.9 Å². The van der Waals surface area contributed by atoms with Gasteiger partial charge in [-0.2, -0.15) is 0 Å². The van der Waals surface area contributed by atoms with E-state index >= 15 is 0 Å². The first-order valence-electron chi connectivity index (χ1n) is 8.59. The van der Waals surface area contributed by atoms with Gasteiger partial charge in [0.05, 0.1) is 11.0 Å². The summed E-state index contributed by atoms with van der Waals surface area (Å²) in [6, 6.07) is 10.5. The van der Waals surface area contributed by atoms with Crippen LogP contribution in [0.2, 0.25) is 0 Å². The SMILES string of the molecule is Fc1ccc2c(c1)nc(C=CC1CCCCC1)n2-c1ccccn1. The smallest absolute Gasteiger partial charge is 0.139 e.